The second-order valence-electron chi connectivity index (χ2n) is 3.15. The van der Waals surface area contributed by atoms with Gasteiger partial charge in [-0.25, -0.2) is 9.37 Å². The van der Waals surface area contributed by atoms with Crippen molar-refractivity contribution in [1.82, 2.24) is 9.55 Å². The van der Waals surface area contributed by atoms with Crippen LogP contribution in [0, 0.1) is 0 Å². The molecular formula is C12H11FN2. The number of hydrogen-bond donors (Lipinski definition) is 0. The largest absolute Gasteiger partial charge is 0.306 e. The predicted molar refractivity (Wildman–Crippen MR) is 58.3 cm³/mol. The molecule has 2 rings (SSSR count). The molecule has 0 aliphatic heterocycles. The first-order chi connectivity index (χ1) is 7.31. The number of allylic oxidation sites excluding steroid dienone is 1. The first-order valence-corrected chi connectivity index (χ1v) is 4.72. The summed E-state index contributed by atoms with van der Waals surface area (Å²) in [5, 5.41) is 0. The lowest BCUT2D eigenvalue weighted by atomic mass is 10.2. The van der Waals surface area contributed by atoms with Crippen LogP contribution in [0.25, 0.3) is 11.5 Å². The maximum atomic E-state index is 13.2. The second-order valence-corrected chi connectivity index (χ2v) is 3.15. The molecule has 0 fully saturated rings. The molecule has 0 atom stereocenters. The van der Waals surface area contributed by atoms with Crippen molar-refractivity contribution in [3.63, 3.8) is 0 Å². The highest BCUT2D eigenvalue weighted by atomic mass is 19.1. The zero-order valence-electron chi connectivity index (χ0n) is 8.39. The molecule has 0 saturated heterocycles. The molecule has 1 aromatic heterocycles. The normalized spacial score (nSPS) is 11.7. The predicted octanol–water partition coefficient (Wildman–Crippen LogP) is 3.20. The van der Waals surface area contributed by atoms with E-state index in [0.717, 1.165) is 5.69 Å². The van der Waals surface area contributed by atoms with E-state index in [2.05, 4.69) is 4.98 Å². The first kappa shape index (κ1) is 9.65. The Hall–Kier alpha value is -1.90. The second kappa shape index (κ2) is 4.09. The molecular weight excluding hydrogens is 191 g/mol. The molecule has 15 heavy (non-hydrogen) atoms. The van der Waals surface area contributed by atoms with Crippen LogP contribution < -0.4 is 0 Å². The Balaban J connectivity index is 2.33. The average molecular weight is 202 g/mol. The number of hydrogen-bond acceptors (Lipinski definition) is 1. The Morgan fingerprint density at radius 3 is 2.60 bits per heavy atom. The number of aromatic nitrogens is 2. The van der Waals surface area contributed by atoms with Crippen molar-refractivity contribution in [2.75, 3.05) is 0 Å². The summed E-state index contributed by atoms with van der Waals surface area (Å²) in [5.74, 6) is -0.202. The lowest BCUT2D eigenvalue weighted by Gasteiger charge is -2.02. The molecule has 0 amide bonds. The molecule has 1 aromatic carbocycles. The van der Waals surface area contributed by atoms with Crippen LogP contribution in [0.3, 0.4) is 0 Å². The summed E-state index contributed by atoms with van der Waals surface area (Å²) in [4.78, 5) is 3.95. The van der Waals surface area contributed by atoms with Gasteiger partial charge < -0.3 is 4.57 Å². The summed E-state index contributed by atoms with van der Waals surface area (Å²) in [5.41, 5.74) is 1.57. The minimum Gasteiger partial charge on any atom is -0.306 e. The summed E-state index contributed by atoms with van der Waals surface area (Å²) in [6.07, 6.45) is 6.72. The van der Waals surface area contributed by atoms with Crippen LogP contribution in [-0.2, 0) is 0 Å². The zero-order chi connectivity index (χ0) is 10.7. The molecule has 0 radical (unpaired) electrons. The highest BCUT2D eigenvalue weighted by Crippen LogP contribution is 2.17. The Bertz CT molecular complexity index is 455. The molecule has 0 saturated carbocycles. The van der Waals surface area contributed by atoms with E-state index in [9.17, 15) is 4.39 Å². The highest BCUT2D eigenvalue weighted by Gasteiger charge is 1.99. The molecule has 2 nitrogen and oxygen atoms in total. The van der Waals surface area contributed by atoms with E-state index in [-0.39, 0.29) is 5.83 Å². The topological polar surface area (TPSA) is 17.8 Å². The highest BCUT2D eigenvalue weighted by molar-refractivity contribution is 5.59. The van der Waals surface area contributed by atoms with Gasteiger partial charge >= 0.3 is 0 Å². The van der Waals surface area contributed by atoms with Crippen LogP contribution in [-0.4, -0.2) is 9.55 Å². The van der Waals surface area contributed by atoms with Gasteiger partial charge in [-0.2, -0.15) is 0 Å². The van der Waals surface area contributed by atoms with E-state index in [1.165, 1.54) is 6.08 Å². The van der Waals surface area contributed by atoms with E-state index in [1.807, 2.05) is 22.9 Å². The van der Waals surface area contributed by atoms with Crippen molar-refractivity contribution in [2.45, 2.75) is 6.92 Å². The van der Waals surface area contributed by atoms with E-state index in [1.54, 1.807) is 31.6 Å². The van der Waals surface area contributed by atoms with Gasteiger partial charge in [-0.15, -0.1) is 0 Å². The minimum absolute atomic E-state index is 0.202. The van der Waals surface area contributed by atoms with Gasteiger partial charge in [0, 0.05) is 23.6 Å². The maximum Gasteiger partial charge on any atom is 0.126 e. The quantitative estimate of drug-likeness (QED) is 0.731. The Kier molecular flexibility index (Phi) is 2.63. The number of halogens is 1. The van der Waals surface area contributed by atoms with Crippen LogP contribution >= 0.6 is 0 Å². The number of rotatable bonds is 2. The van der Waals surface area contributed by atoms with E-state index < -0.39 is 0 Å². The summed E-state index contributed by atoms with van der Waals surface area (Å²) in [6.45, 7) is 1.68. The molecule has 0 aliphatic rings. The number of nitrogens with zero attached hydrogens (tertiary/aromatic N) is 2. The van der Waals surface area contributed by atoms with Gasteiger partial charge in [0.1, 0.15) is 5.83 Å². The smallest absolute Gasteiger partial charge is 0.126 e. The van der Waals surface area contributed by atoms with Gasteiger partial charge in [0.2, 0.25) is 0 Å². The van der Waals surface area contributed by atoms with Crippen molar-refractivity contribution in [3.05, 3.63) is 54.6 Å². The van der Waals surface area contributed by atoms with Gasteiger partial charge in [-0.05, 0) is 31.2 Å². The number of benzene rings is 1. The van der Waals surface area contributed by atoms with Crippen molar-refractivity contribution in [2.24, 2.45) is 0 Å². The number of imidazole rings is 1. The van der Waals surface area contributed by atoms with Gasteiger partial charge in [0.15, 0.2) is 0 Å². The van der Waals surface area contributed by atoms with E-state index in [0.29, 0.717) is 5.56 Å². The molecule has 0 aliphatic carbocycles. The lowest BCUT2D eigenvalue weighted by molar-refractivity contribution is 0.758. The summed E-state index contributed by atoms with van der Waals surface area (Å²) < 4.78 is 15.1. The zero-order valence-corrected chi connectivity index (χ0v) is 8.39. The van der Waals surface area contributed by atoms with Crippen molar-refractivity contribution in [1.29, 1.82) is 0 Å². The molecule has 2 aromatic rings. The Morgan fingerprint density at radius 2 is 2.07 bits per heavy atom. The third-order valence-electron chi connectivity index (χ3n) is 2.20. The molecule has 0 unspecified atom stereocenters. The van der Waals surface area contributed by atoms with Gasteiger partial charge in [0.25, 0.3) is 0 Å². The van der Waals surface area contributed by atoms with Gasteiger partial charge in [-0.1, -0.05) is 6.08 Å². The fourth-order valence-corrected chi connectivity index (χ4v) is 1.37. The lowest BCUT2D eigenvalue weighted by Crippen LogP contribution is -1.89. The third kappa shape index (κ3) is 1.96. The molecule has 0 spiro atoms. The van der Waals surface area contributed by atoms with Crippen LogP contribution in [0.5, 0.6) is 0 Å². The van der Waals surface area contributed by atoms with Crippen LogP contribution in [0.4, 0.5) is 4.39 Å². The fraction of sp³-hybridized carbons (Fsp3) is 0.0833. The van der Waals surface area contributed by atoms with Crippen LogP contribution in [0.2, 0.25) is 0 Å². The van der Waals surface area contributed by atoms with Gasteiger partial charge in [-0.3, -0.25) is 0 Å². The Labute approximate surface area is 87.7 Å². The van der Waals surface area contributed by atoms with Crippen molar-refractivity contribution in [3.8, 4) is 5.69 Å². The molecule has 76 valence electrons. The molecule has 0 N–H and O–H groups in total. The molecule has 1 heterocycles. The molecule has 0 bridgehead atoms. The SMILES string of the molecule is C/C=C(\F)c1ccc(-n2ccnc2)cc1. The summed E-state index contributed by atoms with van der Waals surface area (Å²) in [7, 11) is 0. The maximum absolute atomic E-state index is 13.2. The van der Waals surface area contributed by atoms with Crippen molar-refractivity contribution < 1.29 is 4.39 Å². The third-order valence-corrected chi connectivity index (χ3v) is 2.20. The van der Waals surface area contributed by atoms with Crippen LogP contribution in [0.1, 0.15) is 12.5 Å². The van der Waals surface area contributed by atoms with Gasteiger partial charge in [0.05, 0.1) is 6.33 Å². The molecule has 3 heteroatoms. The fourth-order valence-electron chi connectivity index (χ4n) is 1.37. The van der Waals surface area contributed by atoms with E-state index >= 15 is 0 Å². The minimum atomic E-state index is -0.202. The van der Waals surface area contributed by atoms with Crippen LogP contribution in [0.15, 0.2) is 49.1 Å². The standard InChI is InChI=1S/C12H11FN2/c1-2-12(13)10-3-5-11(6-4-10)15-8-7-14-9-15/h2-9H,1H3/b12-2-. The average Bonchev–Trinajstić information content (AvgIpc) is 2.82. The van der Waals surface area contributed by atoms with Crippen molar-refractivity contribution >= 4 is 5.83 Å². The summed E-state index contributed by atoms with van der Waals surface area (Å²) >= 11 is 0. The first-order valence-electron chi connectivity index (χ1n) is 4.72. The monoisotopic (exact) mass is 202 g/mol. The summed E-state index contributed by atoms with van der Waals surface area (Å²) in [6, 6.07) is 7.23. The Morgan fingerprint density at radius 1 is 1.33 bits per heavy atom. The van der Waals surface area contributed by atoms with E-state index in [4.69, 9.17) is 0 Å².